The normalized spacial score (nSPS) is 12.5. The van der Waals surface area contributed by atoms with E-state index >= 15 is 0 Å². The molecule has 1 aliphatic heterocycles. The third kappa shape index (κ3) is 3.58. The van der Waals surface area contributed by atoms with E-state index in [2.05, 4.69) is 91.0 Å². The van der Waals surface area contributed by atoms with Crippen LogP contribution >= 0.6 is 17.7 Å². The third-order valence-electron chi connectivity index (χ3n) is 7.73. The molecule has 6 aromatic carbocycles. The fraction of sp³-hybridized carbons (Fsp3) is 0. The summed E-state index contributed by atoms with van der Waals surface area (Å²) in [4.78, 5) is 0. The van der Waals surface area contributed by atoms with E-state index in [0.717, 1.165) is 76.7 Å². The average molecular weight is 565 g/mol. The van der Waals surface area contributed by atoms with E-state index in [0.29, 0.717) is 0 Å². The Bertz CT molecular complexity index is 2370. The molecule has 2 aromatic heterocycles. The Hall–Kier alpha value is -4.76. The minimum atomic E-state index is -0.790. The Labute approximate surface area is 240 Å². The molecule has 1 aliphatic rings. The van der Waals surface area contributed by atoms with Crippen LogP contribution in [0.4, 0.5) is 0 Å². The van der Waals surface area contributed by atoms with Gasteiger partial charge in [-0.15, -0.1) is 10.9 Å². The lowest BCUT2D eigenvalue weighted by molar-refractivity contribution is 0.490. The van der Waals surface area contributed by atoms with Gasteiger partial charge in [0.2, 0.25) is 0 Å². The topological polar surface area (TPSA) is 35.5 Å². The van der Waals surface area contributed by atoms with Crippen LogP contribution in [0.15, 0.2) is 136 Å². The smallest absolute Gasteiger partial charge is 0.144 e. The summed E-state index contributed by atoms with van der Waals surface area (Å²) < 4.78 is 20.4. The molecule has 0 amide bonds. The molecule has 0 N–H and O–H groups in total. The molecule has 9 rings (SSSR count). The molecule has 0 aliphatic carbocycles. The van der Waals surface area contributed by atoms with Gasteiger partial charge in [0.25, 0.3) is 0 Å². The molecule has 0 fully saturated rings. The number of benzene rings is 6. The van der Waals surface area contributed by atoms with Gasteiger partial charge >= 0.3 is 0 Å². The SMILES string of the molecule is c1cc(-c2ccc3c(c2)-p2sc4ccccc4oc4cccc(c42)O3)cc(-c2cccc3c2oc2ccccc23)c1. The number of hydrogen-bond donors (Lipinski definition) is 0. The van der Waals surface area contributed by atoms with Crippen molar-refractivity contribution in [2.45, 2.75) is 0 Å². The van der Waals surface area contributed by atoms with Crippen molar-refractivity contribution in [3.63, 3.8) is 0 Å². The number of fused-ring (bicyclic) bond motifs is 6. The van der Waals surface area contributed by atoms with Gasteiger partial charge in [0, 0.05) is 16.3 Å². The molecule has 5 heteroatoms. The van der Waals surface area contributed by atoms with Gasteiger partial charge in [0.05, 0.1) is 15.1 Å². The molecule has 0 radical (unpaired) electrons. The second kappa shape index (κ2) is 8.87. The van der Waals surface area contributed by atoms with E-state index < -0.39 is 6.71 Å². The van der Waals surface area contributed by atoms with Crippen molar-refractivity contribution < 1.29 is 13.6 Å². The van der Waals surface area contributed by atoms with Gasteiger partial charge in [0.1, 0.15) is 33.8 Å². The monoisotopic (exact) mass is 564 g/mol. The number of rotatable bonds is 2. The highest BCUT2D eigenvalue weighted by atomic mass is 32.5. The van der Waals surface area contributed by atoms with E-state index in [1.165, 1.54) is 5.30 Å². The van der Waals surface area contributed by atoms with Crippen molar-refractivity contribution >= 4 is 60.6 Å². The van der Waals surface area contributed by atoms with Crippen LogP contribution in [0.1, 0.15) is 0 Å². The van der Waals surface area contributed by atoms with Crippen LogP contribution in [-0.2, 0) is 0 Å². The van der Waals surface area contributed by atoms with Crippen molar-refractivity contribution in [3.8, 4) is 39.1 Å². The van der Waals surface area contributed by atoms with Gasteiger partial charge in [-0.25, -0.2) is 0 Å². The largest absolute Gasteiger partial charge is 0.455 e. The van der Waals surface area contributed by atoms with Crippen LogP contribution < -0.4 is 4.74 Å². The van der Waals surface area contributed by atoms with E-state index in [1.54, 1.807) is 0 Å². The molecule has 0 saturated heterocycles. The summed E-state index contributed by atoms with van der Waals surface area (Å²) in [5.74, 6) is 1.80. The summed E-state index contributed by atoms with van der Waals surface area (Å²) in [5.41, 5.74) is 8.15. The van der Waals surface area contributed by atoms with Crippen LogP contribution in [0.25, 0.3) is 70.5 Å². The van der Waals surface area contributed by atoms with E-state index in [1.807, 2.05) is 47.3 Å². The summed E-state index contributed by atoms with van der Waals surface area (Å²) in [6.45, 7) is -0.790. The fourth-order valence-electron chi connectivity index (χ4n) is 5.81. The van der Waals surface area contributed by atoms with Crippen molar-refractivity contribution in [2.24, 2.45) is 0 Å². The molecule has 194 valence electrons. The highest BCUT2D eigenvalue weighted by Crippen LogP contribution is 2.61. The minimum Gasteiger partial charge on any atom is -0.455 e. The molecule has 3 nitrogen and oxygen atoms in total. The number of furan rings is 1. The Morgan fingerprint density at radius 1 is 0.512 bits per heavy atom. The van der Waals surface area contributed by atoms with Gasteiger partial charge < -0.3 is 13.6 Å². The highest BCUT2D eigenvalue weighted by Gasteiger charge is 2.22. The second-order valence-electron chi connectivity index (χ2n) is 10.2. The molecular formula is C36H21O3PS. The first-order valence-electron chi connectivity index (χ1n) is 13.5. The first-order valence-corrected chi connectivity index (χ1v) is 16.3. The van der Waals surface area contributed by atoms with Crippen molar-refractivity contribution in [1.29, 1.82) is 0 Å². The van der Waals surface area contributed by atoms with Crippen LogP contribution in [0.5, 0.6) is 11.5 Å². The molecule has 0 bridgehead atoms. The number of ether oxygens (including phenoxy) is 1. The van der Waals surface area contributed by atoms with Crippen LogP contribution in [0.3, 0.4) is 0 Å². The predicted octanol–water partition coefficient (Wildman–Crippen LogP) is 12.1. The lowest BCUT2D eigenvalue weighted by atomic mass is 9.97. The maximum Gasteiger partial charge on any atom is 0.144 e. The van der Waals surface area contributed by atoms with Crippen molar-refractivity contribution in [1.82, 2.24) is 0 Å². The van der Waals surface area contributed by atoms with Gasteiger partial charge in [-0.3, -0.25) is 0 Å². The first kappa shape index (κ1) is 23.0. The molecular weight excluding hydrogens is 543 g/mol. The summed E-state index contributed by atoms with van der Waals surface area (Å²) in [5, 5.41) is 4.65. The quantitative estimate of drug-likeness (QED) is 0.209. The maximum absolute atomic E-state index is 6.45. The van der Waals surface area contributed by atoms with Crippen LogP contribution in [0.2, 0.25) is 0 Å². The summed E-state index contributed by atoms with van der Waals surface area (Å²) in [6, 6.07) is 44.4. The Kier molecular flexibility index (Phi) is 4.98. The molecule has 8 aromatic rings. The van der Waals surface area contributed by atoms with Gasteiger partial charge in [0.15, 0.2) is 0 Å². The molecule has 1 unspecified atom stereocenters. The third-order valence-corrected chi connectivity index (χ3v) is 12.4. The summed E-state index contributed by atoms with van der Waals surface area (Å²) in [6.07, 6.45) is 0. The van der Waals surface area contributed by atoms with Gasteiger partial charge in [-0.05, 0) is 71.9 Å². The Morgan fingerprint density at radius 3 is 2.24 bits per heavy atom. The zero-order chi connectivity index (χ0) is 26.9. The summed E-state index contributed by atoms with van der Waals surface area (Å²) in [7, 11) is 1.88. The lowest BCUT2D eigenvalue weighted by Crippen LogP contribution is -1.91. The molecule has 41 heavy (non-hydrogen) atoms. The van der Waals surface area contributed by atoms with Crippen molar-refractivity contribution in [2.75, 3.05) is 0 Å². The maximum atomic E-state index is 6.45. The fourth-order valence-corrected chi connectivity index (χ4v) is 10.6. The Balaban J connectivity index is 1.23. The van der Waals surface area contributed by atoms with E-state index in [-0.39, 0.29) is 0 Å². The molecule has 0 saturated carbocycles. The lowest BCUT2D eigenvalue weighted by Gasteiger charge is -2.20. The van der Waals surface area contributed by atoms with Gasteiger partial charge in [-0.2, -0.15) is 0 Å². The van der Waals surface area contributed by atoms with E-state index in [4.69, 9.17) is 13.6 Å². The first-order chi connectivity index (χ1) is 20.3. The van der Waals surface area contributed by atoms with E-state index in [9.17, 15) is 0 Å². The molecule has 1 atom stereocenters. The van der Waals surface area contributed by atoms with Crippen LogP contribution in [0, 0.1) is 0 Å². The number of para-hydroxylation sites is 3. The minimum absolute atomic E-state index is 0.790. The predicted molar refractivity (Wildman–Crippen MR) is 171 cm³/mol. The van der Waals surface area contributed by atoms with Gasteiger partial charge in [-0.1, -0.05) is 78.9 Å². The molecule has 0 spiro atoms. The Morgan fingerprint density at radius 2 is 1.27 bits per heavy atom. The van der Waals surface area contributed by atoms with Crippen molar-refractivity contribution in [3.05, 3.63) is 127 Å². The zero-order valence-corrected chi connectivity index (χ0v) is 23.4. The molecule has 3 heterocycles. The number of hydrogen-bond acceptors (Lipinski definition) is 4. The summed E-state index contributed by atoms with van der Waals surface area (Å²) >= 11 is 0. The zero-order valence-electron chi connectivity index (χ0n) is 21.7. The second-order valence-corrected chi connectivity index (χ2v) is 14.0. The standard InChI is InChI=1S/C36H21O3PS/c1-2-13-28-26(10-1)27-12-6-11-25(35(27)39-28)24-9-5-8-22(20-24)23-18-19-29-33(21-23)40-36-31(37-29)15-7-16-32(36)38-30-14-3-4-17-34(30)41-40/h1-21H. The van der Waals surface area contributed by atoms with Crippen LogP contribution in [-0.4, -0.2) is 0 Å². The average Bonchev–Trinajstić information content (AvgIpc) is 3.31. The highest BCUT2D eigenvalue weighted by molar-refractivity contribution is 8.00.